The van der Waals surface area contributed by atoms with Crippen molar-refractivity contribution >= 4 is 23.7 Å². The van der Waals surface area contributed by atoms with Gasteiger partial charge in [-0.2, -0.15) is 0 Å². The lowest BCUT2D eigenvalue weighted by Crippen LogP contribution is -2.53. The first kappa shape index (κ1) is 27.8. The number of benzene rings is 3. The molecule has 42 heavy (non-hydrogen) atoms. The average Bonchev–Trinajstić information content (AvgIpc) is 2.99. The molecule has 0 radical (unpaired) electrons. The molecule has 0 aromatic heterocycles. The Morgan fingerprint density at radius 3 is 2.26 bits per heavy atom. The molecule has 7 rings (SSSR count). The predicted molar refractivity (Wildman–Crippen MR) is 156 cm³/mol. The van der Waals surface area contributed by atoms with Crippen LogP contribution in [-0.4, -0.2) is 71.7 Å². The van der Waals surface area contributed by atoms with Crippen molar-refractivity contribution in [1.29, 1.82) is 0 Å². The Morgan fingerprint density at radius 2 is 1.60 bits per heavy atom. The molecule has 3 aromatic carbocycles. The number of para-hydroxylation sites is 1. The number of hydrogen-bond acceptors (Lipinski definition) is 6. The summed E-state index contributed by atoms with van der Waals surface area (Å²) < 4.78 is 12.1. The minimum Gasteiger partial charge on any atom is -0.489 e. The lowest BCUT2D eigenvalue weighted by molar-refractivity contribution is -0.146. The van der Waals surface area contributed by atoms with Gasteiger partial charge in [0.15, 0.2) is 0 Å². The summed E-state index contributed by atoms with van der Waals surface area (Å²) in [7, 11) is 0. The summed E-state index contributed by atoms with van der Waals surface area (Å²) in [5.74, 6) is -0.407. The molecule has 3 aromatic rings. The van der Waals surface area contributed by atoms with Gasteiger partial charge in [0, 0.05) is 30.9 Å². The summed E-state index contributed by atoms with van der Waals surface area (Å²) in [6, 6.07) is 24.4. The van der Waals surface area contributed by atoms with Crippen LogP contribution in [0.15, 0.2) is 78.9 Å². The number of carbonyl (C=O) groups excluding carboxylic acids is 2. The summed E-state index contributed by atoms with van der Waals surface area (Å²) in [4.78, 5) is 42.7. The Morgan fingerprint density at radius 1 is 0.857 bits per heavy atom. The second-order valence-corrected chi connectivity index (χ2v) is 11.4. The van der Waals surface area contributed by atoms with Gasteiger partial charge in [0.1, 0.15) is 18.5 Å². The van der Waals surface area contributed by atoms with Gasteiger partial charge in [-0.1, -0.05) is 42.5 Å². The predicted octanol–water partition coefficient (Wildman–Crippen LogP) is 4.66. The number of nitrogens with zero attached hydrogens (tertiary/aromatic N) is 3. The van der Waals surface area contributed by atoms with Crippen molar-refractivity contribution in [3.05, 3.63) is 95.6 Å². The highest BCUT2D eigenvalue weighted by Gasteiger charge is 2.38. The number of amides is 2. The first-order valence-electron chi connectivity index (χ1n) is 14.5. The van der Waals surface area contributed by atoms with Crippen LogP contribution >= 0.6 is 0 Å². The minimum absolute atomic E-state index is 0.0740. The molecule has 4 aliphatic heterocycles. The Hall–Kier alpha value is -4.37. The number of likely N-dealkylation sites (tertiary alicyclic amines) is 1. The van der Waals surface area contributed by atoms with Crippen molar-refractivity contribution in [2.24, 2.45) is 11.8 Å². The number of carboxylic acids is 1. The lowest BCUT2D eigenvalue weighted by atomic mass is 9.86. The second kappa shape index (κ2) is 12.2. The molecule has 1 atom stereocenters. The highest BCUT2D eigenvalue weighted by atomic mass is 16.6. The van der Waals surface area contributed by atoms with Crippen LogP contribution in [0.4, 0.5) is 10.5 Å². The molecular weight excluding hydrogens is 534 g/mol. The van der Waals surface area contributed by atoms with Gasteiger partial charge in [-0.15, -0.1) is 0 Å². The molecule has 4 fully saturated rings. The normalized spacial score (nSPS) is 21.3. The number of anilines is 1. The Balaban J connectivity index is 1.07. The molecule has 0 unspecified atom stereocenters. The van der Waals surface area contributed by atoms with E-state index in [4.69, 9.17) is 14.6 Å². The highest BCUT2D eigenvalue weighted by Crippen LogP contribution is 2.31. The van der Waals surface area contributed by atoms with E-state index < -0.39 is 11.9 Å². The van der Waals surface area contributed by atoms with Gasteiger partial charge < -0.3 is 19.5 Å². The molecule has 9 heteroatoms. The monoisotopic (exact) mass is 569 g/mol. The fraction of sp³-hybridized carbons (Fsp3) is 0.364. The van der Waals surface area contributed by atoms with Crippen LogP contribution in [0.1, 0.15) is 34.3 Å². The van der Waals surface area contributed by atoms with E-state index in [2.05, 4.69) is 4.90 Å². The van der Waals surface area contributed by atoms with E-state index in [9.17, 15) is 14.4 Å². The number of carbonyl (C=O) groups is 3. The maximum Gasteiger partial charge on any atom is 0.414 e. The average molecular weight is 570 g/mol. The van der Waals surface area contributed by atoms with Crippen LogP contribution < -0.4 is 9.64 Å². The van der Waals surface area contributed by atoms with E-state index in [0.29, 0.717) is 30.4 Å². The van der Waals surface area contributed by atoms with Gasteiger partial charge in [0.25, 0.3) is 5.91 Å². The molecule has 1 N–H and O–H groups in total. The van der Waals surface area contributed by atoms with Crippen LogP contribution in [-0.2, 0) is 22.7 Å². The smallest absolute Gasteiger partial charge is 0.414 e. The van der Waals surface area contributed by atoms with Crippen molar-refractivity contribution in [2.45, 2.75) is 32.1 Å². The van der Waals surface area contributed by atoms with Gasteiger partial charge in [-0.25, -0.2) is 4.79 Å². The first-order chi connectivity index (χ1) is 20.4. The summed E-state index contributed by atoms with van der Waals surface area (Å²) >= 11 is 0. The van der Waals surface area contributed by atoms with Gasteiger partial charge in [-0.05, 0) is 79.4 Å². The maximum atomic E-state index is 13.5. The second-order valence-electron chi connectivity index (χ2n) is 11.4. The minimum atomic E-state index is -0.868. The van der Waals surface area contributed by atoms with Gasteiger partial charge in [0.2, 0.25) is 0 Å². The molecule has 4 saturated heterocycles. The Bertz CT molecular complexity index is 1420. The van der Waals surface area contributed by atoms with E-state index in [1.807, 2.05) is 66.7 Å². The van der Waals surface area contributed by atoms with Crippen LogP contribution in [0.3, 0.4) is 0 Å². The fourth-order valence-electron chi connectivity index (χ4n) is 5.92. The Kier molecular flexibility index (Phi) is 8.10. The van der Waals surface area contributed by atoms with Crippen molar-refractivity contribution in [3.63, 3.8) is 0 Å². The van der Waals surface area contributed by atoms with Crippen LogP contribution in [0.5, 0.6) is 5.75 Å². The third-order valence-electron chi connectivity index (χ3n) is 8.50. The summed E-state index contributed by atoms with van der Waals surface area (Å²) in [5.41, 5.74) is 3.12. The molecule has 0 aliphatic carbocycles. The van der Waals surface area contributed by atoms with Crippen LogP contribution in [0.2, 0.25) is 0 Å². The molecule has 4 aliphatic rings. The van der Waals surface area contributed by atoms with Gasteiger partial charge in [0.05, 0.1) is 12.5 Å². The van der Waals surface area contributed by atoms with E-state index in [1.54, 1.807) is 21.9 Å². The van der Waals surface area contributed by atoms with Crippen molar-refractivity contribution in [1.82, 2.24) is 9.80 Å². The molecule has 0 spiro atoms. The van der Waals surface area contributed by atoms with Crippen LogP contribution in [0.25, 0.3) is 0 Å². The molecule has 4 heterocycles. The van der Waals surface area contributed by atoms with Crippen LogP contribution in [0, 0.1) is 11.8 Å². The zero-order valence-electron chi connectivity index (χ0n) is 23.4. The number of ether oxygens (including phenoxy) is 2. The summed E-state index contributed by atoms with van der Waals surface area (Å²) in [6.45, 7) is 4.13. The SMILES string of the molecule is O=C(O)C1CN(C(=O)c2ccc(COc3cccc(CN(C(=O)O[C@H]4CN5CCC4CC5)c4ccccc4)c3)cc2)C1. The number of aliphatic carboxylic acids is 1. The molecule has 0 saturated carbocycles. The summed E-state index contributed by atoms with van der Waals surface area (Å²) in [5, 5.41) is 9.03. The summed E-state index contributed by atoms with van der Waals surface area (Å²) in [6.07, 6.45) is 1.74. The van der Waals surface area contributed by atoms with E-state index in [1.165, 1.54) is 0 Å². The van der Waals surface area contributed by atoms with Crippen molar-refractivity contribution in [3.8, 4) is 5.75 Å². The molecule has 218 valence electrons. The van der Waals surface area contributed by atoms with Crippen molar-refractivity contribution in [2.75, 3.05) is 37.6 Å². The van der Waals surface area contributed by atoms with Gasteiger partial charge in [-0.3, -0.25) is 19.4 Å². The Labute approximate surface area is 245 Å². The number of piperidine rings is 3. The molecular formula is C33H35N3O6. The zero-order chi connectivity index (χ0) is 29.1. The number of hydrogen-bond donors (Lipinski definition) is 1. The van der Waals surface area contributed by atoms with E-state index >= 15 is 0 Å². The standard InChI is InChI=1S/C33H35N3O6/c37-31(35-19-27(20-35)32(38)39)26-11-9-23(10-12-26)22-41-29-8-4-5-24(17-29)18-36(28-6-2-1-3-7-28)33(40)42-30-21-34-15-13-25(30)14-16-34/h1-12,17,25,27,30H,13-16,18-22H2,(H,38,39)/t30-/m0/s1. The topological polar surface area (TPSA) is 99.6 Å². The fourth-order valence-corrected chi connectivity index (χ4v) is 5.92. The first-order valence-corrected chi connectivity index (χ1v) is 14.5. The van der Waals surface area contributed by atoms with E-state index in [0.717, 1.165) is 49.3 Å². The molecule has 2 bridgehead atoms. The van der Waals surface area contributed by atoms with Gasteiger partial charge >= 0.3 is 12.1 Å². The number of fused-ring (bicyclic) bond motifs is 3. The quantitative estimate of drug-likeness (QED) is 0.400. The van der Waals surface area contributed by atoms with Crippen molar-refractivity contribution < 1.29 is 29.0 Å². The number of carboxylic acid groups (broad SMARTS) is 1. The molecule has 9 nitrogen and oxygen atoms in total. The number of rotatable bonds is 9. The molecule has 2 amide bonds. The zero-order valence-corrected chi connectivity index (χ0v) is 23.4. The highest BCUT2D eigenvalue weighted by molar-refractivity contribution is 5.95. The third-order valence-corrected chi connectivity index (χ3v) is 8.50. The maximum absolute atomic E-state index is 13.5. The third kappa shape index (κ3) is 6.26. The lowest BCUT2D eigenvalue weighted by Gasteiger charge is -2.44. The largest absolute Gasteiger partial charge is 0.489 e. The van der Waals surface area contributed by atoms with E-state index in [-0.39, 0.29) is 31.2 Å².